The molecule has 0 spiro atoms. The molecule has 0 N–H and O–H groups in total. The van der Waals surface area contributed by atoms with Crippen molar-refractivity contribution in [2.75, 3.05) is 0 Å². The molecule has 11 heavy (non-hydrogen) atoms. The molecule has 0 bridgehead atoms. The van der Waals surface area contributed by atoms with E-state index in [4.69, 9.17) is 34.8 Å². The normalized spacial score (nSPS) is 10.3. The third kappa shape index (κ3) is 1.93. The Hall–Kier alpha value is 0.790. The molecular formula is C6H3Cl3S2. The second-order valence-corrected chi connectivity index (χ2v) is 3.95. The maximum Gasteiger partial charge on any atom is 0.0741 e. The van der Waals surface area contributed by atoms with Gasteiger partial charge in [-0.2, -0.15) is 0 Å². The molecule has 0 heterocycles. The van der Waals surface area contributed by atoms with Crippen LogP contribution >= 0.6 is 60.1 Å². The lowest BCUT2D eigenvalue weighted by atomic mass is 10.3. The van der Waals surface area contributed by atoms with Crippen LogP contribution in [0.25, 0.3) is 0 Å². The number of hydrogen-bond donors (Lipinski definition) is 2. The van der Waals surface area contributed by atoms with Crippen LogP contribution in [0.4, 0.5) is 0 Å². The average Bonchev–Trinajstić information content (AvgIpc) is 1.97. The van der Waals surface area contributed by atoms with Crippen molar-refractivity contribution >= 4 is 60.1 Å². The molecule has 1 aromatic carbocycles. The Kier molecular flexibility index (Phi) is 3.29. The van der Waals surface area contributed by atoms with E-state index in [9.17, 15) is 0 Å². The van der Waals surface area contributed by atoms with Crippen molar-refractivity contribution in [1.29, 1.82) is 0 Å². The first-order chi connectivity index (χ1) is 5.04. The summed E-state index contributed by atoms with van der Waals surface area (Å²) in [6.45, 7) is 0. The molecule has 0 radical (unpaired) electrons. The van der Waals surface area contributed by atoms with Gasteiger partial charge in [-0.3, -0.25) is 0 Å². The summed E-state index contributed by atoms with van der Waals surface area (Å²) in [6, 6.07) is 1.58. The molecule has 0 aromatic heterocycles. The van der Waals surface area contributed by atoms with Crippen LogP contribution in [0.15, 0.2) is 15.9 Å². The SMILES string of the molecule is Sc1cc(Cl)c(Cl)c(S)c1Cl. The molecule has 0 atom stereocenters. The first kappa shape index (κ1) is 9.87. The number of benzene rings is 1. The molecule has 1 rings (SSSR count). The maximum absolute atomic E-state index is 5.76. The van der Waals surface area contributed by atoms with Crippen LogP contribution < -0.4 is 0 Å². The molecule has 0 nitrogen and oxygen atoms in total. The Morgan fingerprint density at radius 2 is 1.55 bits per heavy atom. The molecule has 0 aliphatic carbocycles. The van der Waals surface area contributed by atoms with Gasteiger partial charge in [0.15, 0.2) is 0 Å². The van der Waals surface area contributed by atoms with E-state index in [0.29, 0.717) is 24.9 Å². The van der Waals surface area contributed by atoms with Gasteiger partial charge < -0.3 is 0 Å². The minimum absolute atomic E-state index is 0.359. The van der Waals surface area contributed by atoms with E-state index in [2.05, 4.69) is 25.3 Å². The average molecular weight is 246 g/mol. The minimum atomic E-state index is 0.359. The topological polar surface area (TPSA) is 0 Å². The minimum Gasteiger partial charge on any atom is -0.142 e. The second-order valence-electron chi connectivity index (χ2n) is 1.85. The van der Waals surface area contributed by atoms with E-state index in [-0.39, 0.29) is 0 Å². The van der Waals surface area contributed by atoms with Crippen molar-refractivity contribution in [3.63, 3.8) is 0 Å². The van der Waals surface area contributed by atoms with Gasteiger partial charge in [0, 0.05) is 9.79 Å². The van der Waals surface area contributed by atoms with Crippen LogP contribution in [0.3, 0.4) is 0 Å². The van der Waals surface area contributed by atoms with Gasteiger partial charge in [0.1, 0.15) is 0 Å². The van der Waals surface area contributed by atoms with Gasteiger partial charge in [-0.1, -0.05) is 34.8 Å². The summed E-state index contributed by atoms with van der Waals surface area (Å²) >= 11 is 25.3. The Morgan fingerprint density at radius 1 is 1.00 bits per heavy atom. The monoisotopic (exact) mass is 244 g/mol. The zero-order valence-electron chi connectivity index (χ0n) is 5.11. The Morgan fingerprint density at radius 3 is 2.09 bits per heavy atom. The first-order valence-electron chi connectivity index (χ1n) is 2.59. The Bertz CT molecular complexity index is 272. The largest absolute Gasteiger partial charge is 0.142 e. The lowest BCUT2D eigenvalue weighted by Crippen LogP contribution is -1.77. The molecule has 0 fully saturated rings. The van der Waals surface area contributed by atoms with Crippen molar-refractivity contribution in [3.05, 3.63) is 21.1 Å². The zero-order valence-corrected chi connectivity index (χ0v) is 9.16. The van der Waals surface area contributed by atoms with E-state index in [1.807, 2.05) is 0 Å². The van der Waals surface area contributed by atoms with Crippen LogP contribution in [0.5, 0.6) is 0 Å². The van der Waals surface area contributed by atoms with Gasteiger partial charge in [-0.05, 0) is 6.07 Å². The van der Waals surface area contributed by atoms with Crippen LogP contribution in [0.2, 0.25) is 15.1 Å². The van der Waals surface area contributed by atoms with Crippen molar-refractivity contribution in [2.45, 2.75) is 9.79 Å². The molecule has 1 aromatic rings. The van der Waals surface area contributed by atoms with Crippen LogP contribution in [0.1, 0.15) is 0 Å². The molecule has 0 aliphatic heterocycles. The van der Waals surface area contributed by atoms with Crippen LogP contribution in [-0.2, 0) is 0 Å². The van der Waals surface area contributed by atoms with Gasteiger partial charge in [0.05, 0.1) is 15.1 Å². The van der Waals surface area contributed by atoms with E-state index in [0.717, 1.165) is 0 Å². The molecule has 60 valence electrons. The van der Waals surface area contributed by atoms with Gasteiger partial charge in [0.25, 0.3) is 0 Å². The van der Waals surface area contributed by atoms with Crippen molar-refractivity contribution in [1.82, 2.24) is 0 Å². The predicted molar refractivity (Wildman–Crippen MR) is 56.0 cm³/mol. The summed E-state index contributed by atoms with van der Waals surface area (Å²) in [7, 11) is 0. The maximum atomic E-state index is 5.76. The van der Waals surface area contributed by atoms with E-state index in [1.54, 1.807) is 6.07 Å². The molecule has 0 saturated heterocycles. The summed E-state index contributed by atoms with van der Waals surface area (Å²) in [4.78, 5) is 1.04. The quantitative estimate of drug-likeness (QED) is 0.496. The van der Waals surface area contributed by atoms with Crippen molar-refractivity contribution < 1.29 is 0 Å². The summed E-state index contributed by atoms with van der Waals surface area (Å²) in [5.74, 6) is 0. The van der Waals surface area contributed by atoms with E-state index >= 15 is 0 Å². The van der Waals surface area contributed by atoms with Gasteiger partial charge in [0.2, 0.25) is 0 Å². The van der Waals surface area contributed by atoms with Gasteiger partial charge >= 0.3 is 0 Å². The summed E-state index contributed by atoms with van der Waals surface area (Å²) in [5, 5.41) is 1.19. The predicted octanol–water partition coefficient (Wildman–Crippen LogP) is 4.22. The van der Waals surface area contributed by atoms with Crippen LogP contribution in [0, 0.1) is 0 Å². The van der Waals surface area contributed by atoms with E-state index in [1.165, 1.54) is 0 Å². The van der Waals surface area contributed by atoms with Crippen LogP contribution in [-0.4, -0.2) is 0 Å². The molecule has 0 amide bonds. The molecule has 5 heteroatoms. The third-order valence-corrected chi connectivity index (χ3v) is 3.49. The zero-order chi connectivity index (χ0) is 8.59. The highest BCUT2D eigenvalue weighted by Gasteiger charge is 2.09. The first-order valence-corrected chi connectivity index (χ1v) is 4.62. The number of rotatable bonds is 0. The number of thiol groups is 2. The smallest absolute Gasteiger partial charge is 0.0741 e. The molecular weight excluding hydrogens is 243 g/mol. The number of hydrogen-bond acceptors (Lipinski definition) is 2. The molecule has 0 unspecified atom stereocenters. The van der Waals surface area contributed by atoms with Gasteiger partial charge in [-0.25, -0.2) is 0 Å². The fourth-order valence-corrected chi connectivity index (χ4v) is 1.84. The summed E-state index contributed by atoms with van der Waals surface area (Å²) < 4.78 is 0. The van der Waals surface area contributed by atoms with Gasteiger partial charge in [-0.15, -0.1) is 25.3 Å². The van der Waals surface area contributed by atoms with Crippen molar-refractivity contribution in [2.24, 2.45) is 0 Å². The summed E-state index contributed by atoms with van der Waals surface area (Å²) in [6.07, 6.45) is 0. The second kappa shape index (κ2) is 3.67. The Labute approximate surface area is 90.7 Å². The Balaban J connectivity index is 3.46. The molecule has 0 saturated carbocycles. The highest BCUT2D eigenvalue weighted by molar-refractivity contribution is 7.81. The van der Waals surface area contributed by atoms with Crippen molar-refractivity contribution in [3.8, 4) is 0 Å². The molecule has 0 aliphatic rings. The third-order valence-electron chi connectivity index (χ3n) is 1.11. The lowest BCUT2D eigenvalue weighted by Gasteiger charge is -2.04. The standard InChI is InChI=1S/C6H3Cl3S2/c7-2-1-3(10)5(9)6(11)4(2)8/h1,10-11H. The highest BCUT2D eigenvalue weighted by atomic mass is 35.5. The fourth-order valence-electron chi connectivity index (χ4n) is 0.578. The summed E-state index contributed by atoms with van der Waals surface area (Å²) in [5.41, 5.74) is 0. The lowest BCUT2D eigenvalue weighted by molar-refractivity contribution is 1.35. The highest BCUT2D eigenvalue weighted by Crippen LogP contribution is 2.38. The number of halogens is 3. The fraction of sp³-hybridized carbons (Fsp3) is 0. The van der Waals surface area contributed by atoms with E-state index < -0.39 is 0 Å².